The molecule has 2 saturated heterocycles. The molecular weight excluding hydrogens is 428 g/mol. The van der Waals surface area contributed by atoms with Crippen LogP contribution in [0.3, 0.4) is 0 Å². The van der Waals surface area contributed by atoms with Gasteiger partial charge in [-0.25, -0.2) is 0 Å². The third-order valence-electron chi connectivity index (χ3n) is 8.65. The molecule has 2 aliphatic heterocycles. The number of rotatable bonds is 6. The average molecular weight is 465 g/mol. The molecule has 2 saturated carbocycles. The monoisotopic (exact) mass is 464 g/mol. The van der Waals surface area contributed by atoms with Crippen molar-refractivity contribution in [3.05, 3.63) is 0 Å². The molecule has 0 unspecified atom stereocenters. The Morgan fingerprint density at radius 3 is 2.19 bits per heavy atom. The number of hydrogen-bond donors (Lipinski definition) is 7. The van der Waals surface area contributed by atoms with Crippen molar-refractivity contribution in [2.75, 3.05) is 19.8 Å². The average Bonchev–Trinajstić information content (AvgIpc) is 3.20. The minimum atomic E-state index is -1.85. The van der Waals surface area contributed by atoms with Gasteiger partial charge in [0.2, 0.25) is 0 Å². The summed E-state index contributed by atoms with van der Waals surface area (Å²) in [4.78, 5) is 0. The molecule has 4 fully saturated rings. The standard InChI is InChI=1S/C21H36O11/c1-19(2)9-4-12(20(19,3)5-10(9)23)32-17-15(26)14(25)13(24)11(31-17)6-29-18-16(27)21(28,7-22)8-30-18/h9-18,22-28H,4-8H2,1-3H3/t9-,10+,11+,12-,13+,14-,15+,16-,17-,18+,20-,21+/m0/s1. The van der Waals surface area contributed by atoms with E-state index in [0.29, 0.717) is 12.8 Å². The lowest BCUT2D eigenvalue weighted by atomic mass is 9.70. The van der Waals surface area contributed by atoms with E-state index in [1.165, 1.54) is 0 Å². The van der Waals surface area contributed by atoms with Crippen molar-refractivity contribution >= 4 is 0 Å². The van der Waals surface area contributed by atoms with Crippen molar-refractivity contribution in [1.29, 1.82) is 0 Å². The first-order chi connectivity index (χ1) is 14.9. The van der Waals surface area contributed by atoms with Crippen molar-refractivity contribution < 1.29 is 54.7 Å². The second-order valence-corrected chi connectivity index (χ2v) is 10.6. The van der Waals surface area contributed by atoms with Gasteiger partial charge >= 0.3 is 0 Å². The van der Waals surface area contributed by atoms with Gasteiger partial charge in [0.05, 0.1) is 32.0 Å². The molecule has 11 heteroatoms. The van der Waals surface area contributed by atoms with Crippen LogP contribution in [0.1, 0.15) is 33.6 Å². The van der Waals surface area contributed by atoms with E-state index in [1.807, 2.05) is 6.92 Å². The predicted octanol–water partition coefficient (Wildman–Crippen LogP) is -2.55. The van der Waals surface area contributed by atoms with Crippen LogP contribution in [-0.2, 0) is 18.9 Å². The van der Waals surface area contributed by atoms with Gasteiger partial charge in [-0.3, -0.25) is 0 Å². The van der Waals surface area contributed by atoms with Gasteiger partial charge in [0.25, 0.3) is 0 Å². The lowest BCUT2D eigenvalue weighted by molar-refractivity contribution is -0.326. The van der Waals surface area contributed by atoms with Crippen LogP contribution in [0, 0.1) is 16.7 Å². The second kappa shape index (κ2) is 8.35. The summed E-state index contributed by atoms with van der Waals surface area (Å²) in [6.07, 6.45) is -9.28. The maximum Gasteiger partial charge on any atom is 0.186 e. The third kappa shape index (κ3) is 3.62. The highest BCUT2D eigenvalue weighted by atomic mass is 16.7. The van der Waals surface area contributed by atoms with E-state index >= 15 is 0 Å². The van der Waals surface area contributed by atoms with Gasteiger partial charge in [-0.2, -0.15) is 0 Å². The third-order valence-corrected chi connectivity index (χ3v) is 8.65. The van der Waals surface area contributed by atoms with Crippen LogP contribution in [0.5, 0.6) is 0 Å². The Balaban J connectivity index is 1.40. The summed E-state index contributed by atoms with van der Waals surface area (Å²) in [5, 5.41) is 70.9. The van der Waals surface area contributed by atoms with E-state index in [0.717, 1.165) is 0 Å². The molecule has 32 heavy (non-hydrogen) atoms. The molecule has 0 aromatic carbocycles. The summed E-state index contributed by atoms with van der Waals surface area (Å²) in [6.45, 7) is 4.83. The molecule has 186 valence electrons. The molecule has 12 atom stereocenters. The highest BCUT2D eigenvalue weighted by Gasteiger charge is 2.66. The lowest BCUT2D eigenvalue weighted by Crippen LogP contribution is -2.60. The first-order valence-electron chi connectivity index (χ1n) is 11.1. The van der Waals surface area contributed by atoms with Crippen molar-refractivity contribution in [2.24, 2.45) is 16.7 Å². The molecule has 11 nitrogen and oxygen atoms in total. The predicted molar refractivity (Wildman–Crippen MR) is 106 cm³/mol. The first kappa shape index (κ1) is 24.7. The van der Waals surface area contributed by atoms with E-state index in [2.05, 4.69) is 13.8 Å². The molecule has 0 aromatic rings. The molecule has 0 spiro atoms. The van der Waals surface area contributed by atoms with Crippen molar-refractivity contribution in [1.82, 2.24) is 0 Å². The molecule has 2 bridgehead atoms. The minimum Gasteiger partial charge on any atom is -0.393 e. The number of aliphatic hydroxyl groups excluding tert-OH is 6. The molecule has 0 radical (unpaired) electrons. The molecule has 4 rings (SSSR count). The van der Waals surface area contributed by atoms with Crippen LogP contribution < -0.4 is 0 Å². The molecule has 7 N–H and O–H groups in total. The molecule has 2 heterocycles. The Labute approximate surface area is 186 Å². The van der Waals surface area contributed by atoms with Crippen LogP contribution >= 0.6 is 0 Å². The normalized spacial score (nSPS) is 54.9. The zero-order valence-electron chi connectivity index (χ0n) is 18.6. The summed E-state index contributed by atoms with van der Waals surface area (Å²) in [5.41, 5.74) is -2.40. The number of hydrogen-bond acceptors (Lipinski definition) is 11. The number of aliphatic hydroxyl groups is 7. The SMILES string of the molecule is CC1(C)[C@H]2C[C@H](O[C@@H]3O[C@H](CO[C@@H]4OC[C@](O)(CO)[C@H]4O)[C@@H](O)[C@H](O)[C@H]3O)[C@]1(C)C[C@H]2O. The van der Waals surface area contributed by atoms with Gasteiger partial charge < -0.3 is 54.7 Å². The molecular formula is C21H36O11. The topological polar surface area (TPSA) is 179 Å². The van der Waals surface area contributed by atoms with E-state index in [-0.39, 0.29) is 36.1 Å². The van der Waals surface area contributed by atoms with Crippen LogP contribution in [0.15, 0.2) is 0 Å². The largest absolute Gasteiger partial charge is 0.393 e. The van der Waals surface area contributed by atoms with Crippen molar-refractivity contribution in [2.45, 2.75) is 94.5 Å². The fraction of sp³-hybridized carbons (Fsp3) is 1.00. The molecule has 0 aromatic heterocycles. The van der Waals surface area contributed by atoms with E-state index in [1.54, 1.807) is 0 Å². The summed E-state index contributed by atoms with van der Waals surface area (Å²) < 4.78 is 22.5. The quantitative estimate of drug-likeness (QED) is 0.220. The van der Waals surface area contributed by atoms with Gasteiger partial charge in [-0.05, 0) is 24.2 Å². The smallest absolute Gasteiger partial charge is 0.186 e. The molecule has 0 amide bonds. The van der Waals surface area contributed by atoms with Crippen LogP contribution in [0.25, 0.3) is 0 Å². The van der Waals surface area contributed by atoms with Crippen LogP contribution in [0.4, 0.5) is 0 Å². The van der Waals surface area contributed by atoms with Crippen molar-refractivity contribution in [3.8, 4) is 0 Å². The number of ether oxygens (including phenoxy) is 4. The van der Waals surface area contributed by atoms with Gasteiger partial charge in [0.15, 0.2) is 12.6 Å². The van der Waals surface area contributed by atoms with Crippen LogP contribution in [-0.4, -0.2) is 116 Å². The van der Waals surface area contributed by atoms with Gasteiger partial charge in [-0.1, -0.05) is 20.8 Å². The maximum atomic E-state index is 10.5. The maximum absolute atomic E-state index is 10.5. The van der Waals surface area contributed by atoms with Gasteiger partial charge in [-0.15, -0.1) is 0 Å². The lowest BCUT2D eigenvalue weighted by Gasteiger charge is -2.45. The Morgan fingerprint density at radius 1 is 0.969 bits per heavy atom. The fourth-order valence-electron chi connectivity index (χ4n) is 5.89. The fourth-order valence-corrected chi connectivity index (χ4v) is 5.89. The van der Waals surface area contributed by atoms with Gasteiger partial charge in [0, 0.05) is 5.41 Å². The number of fused-ring (bicyclic) bond motifs is 2. The second-order valence-electron chi connectivity index (χ2n) is 10.6. The minimum absolute atomic E-state index is 0.0409. The summed E-state index contributed by atoms with van der Waals surface area (Å²) in [5.74, 6) is 0.0409. The van der Waals surface area contributed by atoms with E-state index in [4.69, 9.17) is 18.9 Å². The van der Waals surface area contributed by atoms with Gasteiger partial charge in [0.1, 0.15) is 36.1 Å². The Morgan fingerprint density at radius 2 is 1.66 bits per heavy atom. The highest BCUT2D eigenvalue weighted by Crippen LogP contribution is 2.66. The highest BCUT2D eigenvalue weighted by molar-refractivity contribution is 5.14. The Bertz CT molecular complexity index is 691. The van der Waals surface area contributed by atoms with Crippen LogP contribution in [0.2, 0.25) is 0 Å². The molecule has 4 aliphatic rings. The first-order valence-corrected chi connectivity index (χ1v) is 11.1. The Kier molecular flexibility index (Phi) is 6.44. The van der Waals surface area contributed by atoms with E-state index < -0.39 is 61.4 Å². The zero-order valence-corrected chi connectivity index (χ0v) is 18.6. The zero-order chi connectivity index (χ0) is 23.6. The summed E-state index contributed by atoms with van der Waals surface area (Å²) >= 11 is 0. The summed E-state index contributed by atoms with van der Waals surface area (Å²) in [7, 11) is 0. The molecule has 2 aliphatic carbocycles. The Hall–Kier alpha value is -0.440. The van der Waals surface area contributed by atoms with E-state index in [9.17, 15) is 35.7 Å². The summed E-state index contributed by atoms with van der Waals surface area (Å²) in [6, 6.07) is 0. The van der Waals surface area contributed by atoms with Crippen molar-refractivity contribution in [3.63, 3.8) is 0 Å².